The molecule has 0 radical (unpaired) electrons. The Kier molecular flexibility index (Phi) is 6.97. The summed E-state index contributed by atoms with van der Waals surface area (Å²) in [5, 5.41) is 18.5. The lowest BCUT2D eigenvalue weighted by molar-refractivity contribution is -0.383. The zero-order chi connectivity index (χ0) is 28.1. The van der Waals surface area contributed by atoms with Crippen molar-refractivity contribution in [2.24, 2.45) is 5.14 Å². The predicted molar refractivity (Wildman–Crippen MR) is 149 cm³/mol. The number of aromatic nitrogens is 1. The van der Waals surface area contributed by atoms with Gasteiger partial charge < -0.3 is 19.5 Å². The highest BCUT2D eigenvalue weighted by Crippen LogP contribution is 2.47. The Hall–Kier alpha value is -3.71. The fourth-order valence-electron chi connectivity index (χ4n) is 5.01. The lowest BCUT2D eigenvalue weighted by Gasteiger charge is -2.17. The van der Waals surface area contributed by atoms with Gasteiger partial charge in [0.1, 0.15) is 18.1 Å². The lowest BCUT2D eigenvalue weighted by Crippen LogP contribution is -2.30. The highest BCUT2D eigenvalue weighted by atomic mass is 35.5. The average Bonchev–Trinajstić information content (AvgIpc) is 3.48. The van der Waals surface area contributed by atoms with Gasteiger partial charge in [0.2, 0.25) is 10.0 Å². The summed E-state index contributed by atoms with van der Waals surface area (Å²) < 4.78 is 30.4. The first kappa shape index (κ1) is 26.9. The monoisotopic (exact) mass is 571 g/mol. The lowest BCUT2D eigenvalue weighted by atomic mass is 9.95. The van der Waals surface area contributed by atoms with E-state index >= 15 is 0 Å². The zero-order valence-electron chi connectivity index (χ0n) is 21.2. The number of nitrogens with zero attached hydrogens (tertiary/aromatic N) is 3. The summed E-state index contributed by atoms with van der Waals surface area (Å²) in [7, 11) is -0.351. The number of alkyl halides is 1. The number of primary sulfonamides is 1. The molecule has 1 unspecified atom stereocenters. The van der Waals surface area contributed by atoms with E-state index in [0.29, 0.717) is 29.0 Å². The van der Waals surface area contributed by atoms with Crippen LogP contribution in [-0.2, 0) is 10.0 Å². The maximum absolute atomic E-state index is 13.7. The molecule has 4 aromatic rings. The number of sulfonamides is 1. The smallest absolute Gasteiger partial charge is 0.280 e. The van der Waals surface area contributed by atoms with Gasteiger partial charge >= 0.3 is 0 Å². The van der Waals surface area contributed by atoms with Gasteiger partial charge in [-0.1, -0.05) is 12.1 Å². The number of halogens is 1. The molecule has 39 heavy (non-hydrogen) atoms. The van der Waals surface area contributed by atoms with Crippen molar-refractivity contribution in [3.8, 4) is 5.75 Å². The number of anilines is 1. The first-order chi connectivity index (χ1) is 18.5. The second-order valence-electron chi connectivity index (χ2n) is 9.66. The molecule has 11 nitrogen and oxygen atoms in total. The van der Waals surface area contributed by atoms with Crippen LogP contribution in [0.4, 0.5) is 11.4 Å². The SMILES string of the molecule is CN(C)CCOc1ccc2[nH]c(C(=O)N3CC(CCl)c4c3cc([N+](=O)[O-])c3c(S(N)(=O)=O)cccc43)cc2c1. The number of amides is 1. The number of likely N-dealkylation sites (N-methyl/N-ethyl adjacent to an activating group) is 1. The number of hydrogen-bond donors (Lipinski definition) is 2. The molecule has 204 valence electrons. The van der Waals surface area contributed by atoms with Crippen LogP contribution in [0, 0.1) is 10.1 Å². The molecule has 1 aromatic heterocycles. The quantitative estimate of drug-likeness (QED) is 0.185. The van der Waals surface area contributed by atoms with Gasteiger partial charge in [0.15, 0.2) is 0 Å². The minimum absolute atomic E-state index is 0.0967. The molecule has 0 spiro atoms. The second-order valence-corrected chi connectivity index (χ2v) is 11.5. The third-order valence-corrected chi connectivity index (χ3v) is 8.11. The molecule has 0 bridgehead atoms. The number of hydrogen-bond acceptors (Lipinski definition) is 7. The van der Waals surface area contributed by atoms with Gasteiger partial charge in [-0.25, -0.2) is 13.6 Å². The highest BCUT2D eigenvalue weighted by molar-refractivity contribution is 7.89. The molecule has 5 rings (SSSR count). The summed E-state index contributed by atoms with van der Waals surface area (Å²) in [4.78, 5) is 31.4. The van der Waals surface area contributed by atoms with E-state index in [0.717, 1.165) is 17.4 Å². The van der Waals surface area contributed by atoms with Crippen molar-refractivity contribution < 1.29 is 22.9 Å². The van der Waals surface area contributed by atoms with E-state index < -0.39 is 26.5 Å². The van der Waals surface area contributed by atoms with E-state index in [9.17, 15) is 23.3 Å². The number of nitro benzene ring substituents is 1. The second kappa shape index (κ2) is 10.1. The van der Waals surface area contributed by atoms with Gasteiger partial charge in [-0.15, -0.1) is 11.6 Å². The number of benzene rings is 3. The minimum atomic E-state index is -4.26. The first-order valence-electron chi connectivity index (χ1n) is 12.0. The maximum atomic E-state index is 13.7. The van der Waals surface area contributed by atoms with Crippen molar-refractivity contribution in [3.63, 3.8) is 0 Å². The maximum Gasteiger partial charge on any atom is 0.280 e. The number of nitrogens with one attached hydrogen (secondary N) is 1. The van der Waals surface area contributed by atoms with Crippen LogP contribution in [0.1, 0.15) is 22.0 Å². The van der Waals surface area contributed by atoms with E-state index in [-0.39, 0.29) is 34.3 Å². The van der Waals surface area contributed by atoms with Crippen LogP contribution in [0.15, 0.2) is 53.4 Å². The predicted octanol–water partition coefficient (Wildman–Crippen LogP) is 3.80. The van der Waals surface area contributed by atoms with Gasteiger partial charge in [-0.2, -0.15) is 0 Å². The molecular formula is C26H26ClN5O6S. The van der Waals surface area contributed by atoms with Crippen LogP contribution in [0.2, 0.25) is 0 Å². The Bertz CT molecular complexity index is 1740. The average molecular weight is 572 g/mol. The molecule has 0 aliphatic carbocycles. The van der Waals surface area contributed by atoms with E-state index in [1.165, 1.54) is 23.1 Å². The summed E-state index contributed by atoms with van der Waals surface area (Å²) in [6, 6.07) is 12.7. The number of nitrogens with two attached hydrogens (primary N) is 1. The van der Waals surface area contributed by atoms with Crippen molar-refractivity contribution >= 4 is 60.6 Å². The summed E-state index contributed by atoms with van der Waals surface area (Å²) >= 11 is 6.29. The number of H-pyrrole nitrogens is 1. The van der Waals surface area contributed by atoms with E-state index in [2.05, 4.69) is 4.98 Å². The summed E-state index contributed by atoms with van der Waals surface area (Å²) in [6.07, 6.45) is 0. The normalized spacial score (nSPS) is 15.3. The Labute approximate surface area is 229 Å². The molecule has 1 amide bonds. The Balaban J connectivity index is 1.59. The fourth-order valence-corrected chi connectivity index (χ4v) is 6.03. The van der Waals surface area contributed by atoms with Crippen molar-refractivity contribution in [1.29, 1.82) is 0 Å². The Morgan fingerprint density at radius 3 is 2.69 bits per heavy atom. The van der Waals surface area contributed by atoms with Gasteiger partial charge in [0.25, 0.3) is 11.6 Å². The van der Waals surface area contributed by atoms with Crippen LogP contribution in [0.25, 0.3) is 21.7 Å². The van der Waals surface area contributed by atoms with E-state index in [4.69, 9.17) is 21.5 Å². The third-order valence-electron chi connectivity index (χ3n) is 6.79. The molecule has 1 aliphatic rings. The fraction of sp³-hybridized carbons (Fsp3) is 0.269. The number of non-ortho nitro benzene ring substituents is 1. The van der Waals surface area contributed by atoms with Crippen LogP contribution >= 0.6 is 11.6 Å². The Morgan fingerprint density at radius 2 is 2.03 bits per heavy atom. The highest BCUT2D eigenvalue weighted by Gasteiger charge is 2.38. The number of rotatable bonds is 8. The molecular weight excluding hydrogens is 546 g/mol. The molecule has 0 saturated carbocycles. The van der Waals surface area contributed by atoms with Crippen molar-refractivity contribution in [2.75, 3.05) is 44.6 Å². The third kappa shape index (κ3) is 4.91. The molecule has 3 aromatic carbocycles. The summed E-state index contributed by atoms with van der Waals surface area (Å²) in [6.45, 7) is 1.44. The number of carbonyl (C=O) groups excluding carboxylic acids is 1. The standard InChI is InChI=1S/C26H26ClN5O6S/c1-30(2)8-9-38-17-6-7-19-15(10-17)11-20(29-19)26(33)31-14-16(13-27)24-18-4-3-5-23(39(28,36)37)25(18)22(32(34)35)12-21(24)31/h3-7,10-12,16,29H,8-9,13-14H2,1-2H3,(H2,28,36,37). The number of carbonyl (C=O) groups is 1. The zero-order valence-corrected chi connectivity index (χ0v) is 22.8. The Morgan fingerprint density at radius 1 is 1.26 bits per heavy atom. The van der Waals surface area contributed by atoms with E-state index in [1.54, 1.807) is 12.1 Å². The van der Waals surface area contributed by atoms with Crippen LogP contribution < -0.4 is 14.8 Å². The number of ether oxygens (including phenoxy) is 1. The van der Waals surface area contributed by atoms with Crippen molar-refractivity contribution in [2.45, 2.75) is 10.8 Å². The van der Waals surface area contributed by atoms with Gasteiger partial charge in [0.05, 0.1) is 20.9 Å². The number of nitro groups is 1. The van der Waals surface area contributed by atoms with E-state index in [1.807, 2.05) is 37.2 Å². The van der Waals surface area contributed by atoms with Crippen LogP contribution in [-0.4, -0.2) is 68.8 Å². The molecule has 1 aliphatic heterocycles. The molecule has 13 heteroatoms. The van der Waals surface area contributed by atoms with Gasteiger partial charge in [-0.05, 0) is 55.4 Å². The number of fused-ring (bicyclic) bond motifs is 4. The summed E-state index contributed by atoms with van der Waals surface area (Å²) in [5.74, 6) is 0.00449. The topological polar surface area (TPSA) is 152 Å². The molecule has 1 atom stereocenters. The molecule has 0 saturated heterocycles. The van der Waals surface area contributed by atoms with Gasteiger partial charge in [0, 0.05) is 41.9 Å². The largest absolute Gasteiger partial charge is 0.492 e. The van der Waals surface area contributed by atoms with Crippen LogP contribution in [0.5, 0.6) is 5.75 Å². The van der Waals surface area contributed by atoms with Crippen molar-refractivity contribution in [3.05, 3.63) is 69.9 Å². The summed E-state index contributed by atoms with van der Waals surface area (Å²) in [5.41, 5.74) is 1.43. The van der Waals surface area contributed by atoms with Crippen molar-refractivity contribution in [1.82, 2.24) is 9.88 Å². The molecule has 2 heterocycles. The molecule has 0 fully saturated rings. The number of aromatic amines is 1. The molecule has 3 N–H and O–H groups in total. The minimum Gasteiger partial charge on any atom is -0.492 e. The first-order valence-corrected chi connectivity index (χ1v) is 14.1. The van der Waals surface area contributed by atoms with Crippen LogP contribution in [0.3, 0.4) is 0 Å². The van der Waals surface area contributed by atoms with Gasteiger partial charge in [-0.3, -0.25) is 14.9 Å².